The van der Waals surface area contributed by atoms with Crippen LogP contribution in [0, 0.1) is 35.5 Å². The molecular formula is C99H157BN2O34. The van der Waals surface area contributed by atoms with Gasteiger partial charge >= 0.3 is 23.9 Å². The molecule has 0 aromatic rings. The Labute approximate surface area is 800 Å². The van der Waals surface area contributed by atoms with Crippen molar-refractivity contribution in [2.75, 3.05) is 0 Å². The Morgan fingerprint density at radius 3 is 0.956 bits per heavy atom. The maximum Gasteiger partial charge on any atom is 0.311 e. The van der Waals surface area contributed by atoms with Gasteiger partial charge < -0.3 is 162 Å². The van der Waals surface area contributed by atoms with E-state index in [2.05, 4.69) is 6.92 Å². The molecule has 0 aromatic heterocycles. The number of carbonyl (C=O) groups excluding carboxylic acids is 2. The summed E-state index contributed by atoms with van der Waals surface area (Å²) >= 11 is 0. The number of cyclic esters (lactones) is 2. The minimum Gasteiger partial charge on any atom is -0.481 e. The smallest absolute Gasteiger partial charge is 0.311 e. The first-order chi connectivity index (χ1) is 64.1. The van der Waals surface area contributed by atoms with Crippen LogP contribution >= 0.6 is 0 Å². The molecule has 0 aromatic carbocycles. The summed E-state index contributed by atoms with van der Waals surface area (Å²) in [5, 5.41) is 236. The second kappa shape index (κ2) is 63.2. The van der Waals surface area contributed by atoms with Gasteiger partial charge in [-0.15, -0.1) is 0 Å². The molecule has 26 N–H and O–H groups in total. The van der Waals surface area contributed by atoms with E-state index in [-0.39, 0.29) is 63.2 Å². The van der Waals surface area contributed by atoms with Crippen LogP contribution < -0.4 is 11.5 Å². The predicted molar refractivity (Wildman–Crippen MR) is 504 cm³/mol. The van der Waals surface area contributed by atoms with E-state index in [1.54, 1.807) is 161 Å². The van der Waals surface area contributed by atoms with Crippen molar-refractivity contribution in [1.29, 1.82) is 0 Å². The average molecular weight is 1930 g/mol. The van der Waals surface area contributed by atoms with E-state index >= 15 is 0 Å². The standard InChI is InChI=1S/2C47H73NO17.C5H11B/c2*1-27-17-15-13-11-9-7-5-6-8-10-12-14-16-18-34(64-46-44(58)41(48)43(57)30(4)63-46)24-38-40(45(59)60)37(54)26-47(61,65-38)25-33(51)22-36(53)35(52)20-19-31(49)21-32(50)23-39(55)62-29(3)28(2)42(27)56;1-2-3-4-5-6/h2*5-18,27-38,40-44,46,49-54,56-58,61H,19-26,48H2,1-4H3,(H,59,60);2-5H2,1H3/b2*6-5+,9-7+,10-8+,13-11+,14-12+,17-15+,18-16+;/t27-,28-,29-,30+,31+,32+,33-,34-,35+,36+,37-,38-,40+,41-,42+,43+,44+,46-,47+;27-,28-,29-,30+,31+,32+,33-,34-,35+,36+,37-,38-,40+,41-,42+,43+,44-,46-,47+;/m00./s1. The van der Waals surface area contributed by atoms with Gasteiger partial charge in [-0.25, -0.2) is 0 Å². The largest absolute Gasteiger partial charge is 0.481 e. The molecule has 6 aliphatic heterocycles. The van der Waals surface area contributed by atoms with Crippen LogP contribution in [0.3, 0.4) is 0 Å². The highest BCUT2D eigenvalue weighted by atomic mass is 16.7. The van der Waals surface area contributed by atoms with E-state index in [1.165, 1.54) is 45.3 Å². The Morgan fingerprint density at radius 1 is 0.368 bits per heavy atom. The molecule has 0 amide bonds. The summed E-state index contributed by atoms with van der Waals surface area (Å²) in [6.45, 7) is 15.7. The minimum atomic E-state index is -2.33. The van der Waals surface area contributed by atoms with Gasteiger partial charge in [-0.2, -0.15) is 0 Å². The number of hydrogen-bond acceptors (Lipinski definition) is 34. The third-order valence-corrected chi connectivity index (χ3v) is 24.9. The molecule has 0 saturated carbocycles. The molecule has 4 saturated heterocycles. The van der Waals surface area contributed by atoms with Gasteiger partial charge in [0.2, 0.25) is 0 Å². The first-order valence-corrected chi connectivity index (χ1v) is 47.3. The van der Waals surface area contributed by atoms with Crippen LogP contribution in [0.25, 0.3) is 0 Å². The normalized spacial score (nSPS) is 43.9. The number of aliphatic hydroxyl groups is 20. The maximum absolute atomic E-state index is 12.6. The zero-order chi connectivity index (χ0) is 102. The third kappa shape index (κ3) is 44.1. The summed E-state index contributed by atoms with van der Waals surface area (Å²) in [5.74, 6) is -13.7. The number of fused-ring (bicyclic) bond motifs is 4. The first kappa shape index (κ1) is 121. The number of esters is 2. The number of rotatable bonds is 9. The molecule has 6 rings (SSSR count). The molecule has 38 atom stereocenters. The second-order valence-electron chi connectivity index (χ2n) is 36.6. The number of unbranched alkanes of at least 4 members (excludes halogenated alkanes) is 2. The Balaban J connectivity index is 0.000000535. The van der Waals surface area contributed by atoms with Gasteiger partial charge in [-0.3, -0.25) is 19.2 Å². The summed E-state index contributed by atoms with van der Waals surface area (Å²) in [7, 11) is 5.21. The van der Waals surface area contributed by atoms with Crippen LogP contribution in [0.1, 0.15) is 184 Å². The van der Waals surface area contributed by atoms with Crippen LogP contribution in [0.15, 0.2) is 170 Å². The lowest BCUT2D eigenvalue weighted by molar-refractivity contribution is -0.309. The van der Waals surface area contributed by atoms with E-state index in [0.717, 1.165) is 6.32 Å². The summed E-state index contributed by atoms with van der Waals surface area (Å²) in [6, 6.07) is -2.30. The van der Waals surface area contributed by atoms with Crippen molar-refractivity contribution in [3.8, 4) is 0 Å². The third-order valence-electron chi connectivity index (χ3n) is 24.9. The van der Waals surface area contributed by atoms with E-state index in [4.69, 9.17) is 57.2 Å². The molecule has 0 spiro atoms. The lowest BCUT2D eigenvalue weighted by atomic mass is 9.82. The first-order valence-electron chi connectivity index (χ1n) is 47.3. The Hall–Kier alpha value is -6.82. The minimum absolute atomic E-state index is 0.107. The number of carboxylic acid groups (broad SMARTS) is 2. The number of hydrogen-bond donors (Lipinski definition) is 24. The predicted octanol–water partition coefficient (Wildman–Crippen LogP) is 3.19. The van der Waals surface area contributed by atoms with Crippen LogP contribution in [0.5, 0.6) is 0 Å². The zero-order valence-corrected chi connectivity index (χ0v) is 79.6. The Morgan fingerprint density at radius 2 is 0.669 bits per heavy atom. The van der Waals surface area contributed by atoms with Gasteiger partial charge in [0, 0.05) is 75.0 Å². The lowest BCUT2D eigenvalue weighted by Gasteiger charge is -2.45. The Kier molecular flexibility index (Phi) is 56.4. The number of carbonyl (C=O) groups is 4. The fourth-order valence-electron chi connectivity index (χ4n) is 16.3. The van der Waals surface area contributed by atoms with Crippen molar-refractivity contribution < 1.29 is 169 Å². The molecule has 2 radical (unpaired) electrons. The van der Waals surface area contributed by atoms with Gasteiger partial charge in [0.15, 0.2) is 24.2 Å². The van der Waals surface area contributed by atoms with Crippen LogP contribution in [-0.2, 0) is 57.1 Å². The molecule has 0 aliphatic carbocycles. The van der Waals surface area contributed by atoms with Crippen LogP contribution in [-0.4, -0.2) is 339 Å². The SMILES string of the molecule is C[C@@H]1[C@H](O)[C@@H](C)/C=C/C=C/C=C/C=C/C=C/C=C/C=C/[C@H](O[C@@H]2O[C@H](C)[C@@H](O)[C@H](N)[C@@H]2O)C[C@@H]2O[C@](O)(C[C@@H](O)C[C@@H](O)[C@H](O)CC[C@@H](O)C[C@@H](O)CC(=O)O[C@H]1C)C[C@H](O)[C@H]2C(=O)O.C[C@@H]1[C@H](O)[C@@H](C)/C=C/C=C/C=C/C=C/C=C/C=C/C=C/[C@H](O[C@@H]2O[C@H](C)[C@@H](O)[C@H](N)[C@H]2O)C[C@@H]2O[C@](O)(C[C@@H](O)C[C@@H](O)[C@H](O)CC[C@@H](O)C[C@@H](O)CC(=O)O[C@H]1C)C[C@H](O)[C@H]2C(=O)O.[B]CCCCC. The monoisotopic (exact) mass is 1930 g/mol. The van der Waals surface area contributed by atoms with Gasteiger partial charge in [0.25, 0.3) is 0 Å². The molecule has 0 unspecified atom stereocenters. The molecule has 37 heteroatoms. The molecular weight excluding hydrogens is 1770 g/mol. The van der Waals surface area contributed by atoms with E-state index in [9.17, 15) is 132 Å². The van der Waals surface area contributed by atoms with Crippen molar-refractivity contribution in [1.82, 2.24) is 0 Å². The van der Waals surface area contributed by atoms with E-state index < -0.39 is 294 Å². The molecule has 770 valence electrons. The van der Waals surface area contributed by atoms with E-state index in [0.29, 0.717) is 0 Å². The van der Waals surface area contributed by atoms with Gasteiger partial charge in [0.05, 0.1) is 167 Å². The molecule has 6 aliphatic rings. The molecule has 4 fully saturated rings. The number of aliphatic hydroxyl groups excluding tert-OH is 18. The quantitative estimate of drug-likeness (QED) is 0.0895. The zero-order valence-electron chi connectivity index (χ0n) is 79.6. The number of nitrogens with two attached hydrogens (primary N) is 2. The topological polar surface area (TPSA) is 639 Å². The highest BCUT2D eigenvalue weighted by Crippen LogP contribution is 2.41. The van der Waals surface area contributed by atoms with Crippen molar-refractivity contribution in [3.63, 3.8) is 0 Å². The summed E-state index contributed by atoms with van der Waals surface area (Å²) in [4.78, 5) is 50.2. The lowest BCUT2D eigenvalue weighted by Crippen LogP contribution is -2.61. The Bertz CT molecular complexity index is 3650. The van der Waals surface area contributed by atoms with Gasteiger partial charge in [-0.1, -0.05) is 230 Å². The van der Waals surface area contributed by atoms with E-state index in [1.807, 2.05) is 38.2 Å². The molecule has 4 bridgehead atoms. The van der Waals surface area contributed by atoms with Crippen molar-refractivity contribution in [3.05, 3.63) is 170 Å². The summed E-state index contributed by atoms with van der Waals surface area (Å²) in [5.41, 5.74) is 12.0. The van der Waals surface area contributed by atoms with Gasteiger partial charge in [-0.05, 0) is 66.2 Å². The molecule has 6 heterocycles. The number of allylic oxidation sites excluding steroid dienone is 24. The van der Waals surface area contributed by atoms with Crippen molar-refractivity contribution >= 4 is 31.7 Å². The number of aliphatic carboxylic acids is 2. The summed E-state index contributed by atoms with van der Waals surface area (Å²) < 4.78 is 46.3. The van der Waals surface area contributed by atoms with Crippen molar-refractivity contribution in [2.45, 2.75) is 386 Å². The maximum atomic E-state index is 12.6. The summed E-state index contributed by atoms with van der Waals surface area (Å²) in [6.07, 6.45) is 11.5. The van der Waals surface area contributed by atoms with Crippen LogP contribution in [0.2, 0.25) is 6.32 Å². The highest BCUT2D eigenvalue weighted by molar-refractivity contribution is 6.08. The fourth-order valence-corrected chi connectivity index (χ4v) is 16.3. The molecule has 36 nitrogen and oxygen atoms in total. The highest BCUT2D eigenvalue weighted by Gasteiger charge is 2.54. The second-order valence-corrected chi connectivity index (χ2v) is 36.6. The number of ether oxygens (including phenoxy) is 8. The number of carboxylic acids is 2. The van der Waals surface area contributed by atoms with Gasteiger partial charge in [0.1, 0.15) is 36.3 Å². The van der Waals surface area contributed by atoms with Crippen molar-refractivity contribution in [2.24, 2.45) is 47.0 Å². The average Bonchev–Trinajstić information content (AvgIpc) is 0.780. The molecule has 136 heavy (non-hydrogen) atoms. The van der Waals surface area contributed by atoms with Crippen LogP contribution in [0.4, 0.5) is 0 Å². The fraction of sp³-hybridized carbons (Fsp3) is 0.677.